The van der Waals surface area contributed by atoms with Crippen LogP contribution in [0.4, 0.5) is 5.69 Å². The fourth-order valence-electron chi connectivity index (χ4n) is 5.65. The molecular formula is C36H33N7O16S2. The molecule has 0 aromatic heterocycles. The Bertz CT molecular complexity index is 2480. The fourth-order valence-corrected chi connectivity index (χ4v) is 5.71. The number of fused-ring (bicyclic) bond motifs is 2. The number of nitrogens with two attached hydrogens (primary N) is 1. The fraction of sp³-hybridized carbons (Fsp3) is 0.194. The van der Waals surface area contributed by atoms with E-state index in [0.717, 1.165) is 0 Å². The van der Waals surface area contributed by atoms with Gasteiger partial charge in [-0.05, 0) is 81.8 Å². The molecular weight excluding hydrogens is 851 g/mol. The number of nitrogen functional groups attached to an aromatic ring is 1. The van der Waals surface area contributed by atoms with E-state index in [9.17, 15) is 24.3 Å². The maximum absolute atomic E-state index is 13.5. The van der Waals surface area contributed by atoms with Gasteiger partial charge in [0.1, 0.15) is 24.3 Å². The van der Waals surface area contributed by atoms with Crippen molar-refractivity contribution in [2.24, 2.45) is 5.11 Å². The second-order valence-electron chi connectivity index (χ2n) is 12.0. The van der Waals surface area contributed by atoms with E-state index in [4.69, 9.17) is 50.2 Å². The molecule has 1 unspecified atom stereocenters. The van der Waals surface area contributed by atoms with Gasteiger partial charge >= 0.3 is 11.9 Å². The Morgan fingerprint density at radius 2 is 1.59 bits per heavy atom. The van der Waals surface area contributed by atoms with Gasteiger partial charge in [0.25, 0.3) is 11.8 Å². The first-order valence-corrected chi connectivity index (χ1v) is 18.0. The summed E-state index contributed by atoms with van der Waals surface area (Å²) in [6, 6.07) is 15.6. The molecule has 1 aliphatic heterocycles. The van der Waals surface area contributed by atoms with Crippen LogP contribution in [-0.2, 0) is 33.0 Å². The van der Waals surface area contributed by atoms with Crippen LogP contribution in [0, 0.1) is 5.41 Å². The van der Waals surface area contributed by atoms with Crippen LogP contribution in [0.25, 0.3) is 43.9 Å². The molecule has 2 aliphatic rings. The van der Waals surface area contributed by atoms with E-state index in [0.29, 0.717) is 0 Å². The number of aliphatic carboxylic acids is 1. The number of amides is 2. The van der Waals surface area contributed by atoms with E-state index in [1.807, 2.05) is 0 Å². The van der Waals surface area contributed by atoms with Gasteiger partial charge in [-0.25, -0.2) is 9.59 Å². The highest BCUT2D eigenvalue weighted by atomic mass is 32.1. The first-order chi connectivity index (χ1) is 29.5. The van der Waals surface area contributed by atoms with Crippen molar-refractivity contribution in [3.05, 3.63) is 99.2 Å². The Kier molecular flexibility index (Phi) is 16.3. The molecule has 0 radical (unpaired) electrons. The quantitative estimate of drug-likeness (QED) is 0.00430. The molecule has 5 rings (SSSR count). The van der Waals surface area contributed by atoms with Gasteiger partial charge in [0.05, 0.1) is 24.5 Å². The molecule has 7 N–H and O–H groups in total. The lowest BCUT2D eigenvalue weighted by Crippen LogP contribution is -2.34. The van der Waals surface area contributed by atoms with Crippen molar-refractivity contribution in [2.75, 3.05) is 45.3 Å². The number of carbonyl (C=O) groups is 4. The predicted molar refractivity (Wildman–Crippen MR) is 213 cm³/mol. The third kappa shape index (κ3) is 11.7. The summed E-state index contributed by atoms with van der Waals surface area (Å²) in [6.07, 6.45) is -1.07. The summed E-state index contributed by atoms with van der Waals surface area (Å²) >= 11 is 6.96. The summed E-state index contributed by atoms with van der Waals surface area (Å²) in [5.41, 5.74) is 15.2. The molecule has 0 fully saturated rings. The van der Waals surface area contributed by atoms with Gasteiger partial charge in [0, 0.05) is 71.5 Å². The minimum Gasteiger partial charge on any atom is -0.491 e. The Labute approximate surface area is 353 Å². The number of aromatic carboxylic acids is 1. The maximum atomic E-state index is 13.5. The van der Waals surface area contributed by atoms with Crippen LogP contribution in [0.2, 0.25) is 0 Å². The SMILES string of the molecule is [N-]=[N+]=NC(COc1cccc(C(=O)NCCNC(=O)c2ccc(C(=O)O)c(-c3c4ccc(=N)c(OOOS)c-4oc4c(OOOS)c(N)ccc34)c2)c1)OCCOCC(=O)O. The van der Waals surface area contributed by atoms with Gasteiger partial charge in [-0.3, -0.25) is 15.0 Å². The van der Waals surface area contributed by atoms with Crippen molar-refractivity contribution in [2.45, 2.75) is 6.23 Å². The number of nitrogens with one attached hydrogen (secondary N) is 3. The molecule has 3 aromatic rings. The summed E-state index contributed by atoms with van der Waals surface area (Å²) in [4.78, 5) is 62.6. The predicted octanol–water partition coefficient (Wildman–Crippen LogP) is 4.43. The highest BCUT2D eigenvalue weighted by molar-refractivity contribution is 7.75. The summed E-state index contributed by atoms with van der Waals surface area (Å²) in [5, 5.41) is 45.1. The zero-order valence-corrected chi connectivity index (χ0v) is 32.9. The Morgan fingerprint density at radius 3 is 2.26 bits per heavy atom. The van der Waals surface area contributed by atoms with Gasteiger partial charge in [0.2, 0.25) is 11.5 Å². The van der Waals surface area contributed by atoms with E-state index >= 15 is 0 Å². The number of thiol groups is 2. The van der Waals surface area contributed by atoms with Crippen LogP contribution in [0.5, 0.6) is 17.2 Å². The number of rotatable bonds is 23. The average molecular weight is 884 g/mol. The highest BCUT2D eigenvalue weighted by Gasteiger charge is 2.29. The van der Waals surface area contributed by atoms with E-state index in [2.05, 4.69) is 65.2 Å². The molecule has 1 atom stereocenters. The van der Waals surface area contributed by atoms with Gasteiger partial charge in [-0.1, -0.05) is 11.2 Å². The molecule has 1 aliphatic carbocycles. The third-order valence-electron chi connectivity index (χ3n) is 8.20. The summed E-state index contributed by atoms with van der Waals surface area (Å²) in [6.45, 7) is -0.962. The summed E-state index contributed by atoms with van der Waals surface area (Å²) in [7, 11) is 0. The van der Waals surface area contributed by atoms with Crippen molar-refractivity contribution in [1.29, 1.82) is 5.41 Å². The second-order valence-corrected chi connectivity index (χ2v) is 12.3. The number of hydrogen-bond donors (Lipinski definition) is 8. The normalized spacial score (nSPS) is 11.4. The number of nitrogens with zero attached hydrogens (tertiary/aromatic N) is 3. The number of carboxylic acids is 2. The van der Waals surface area contributed by atoms with Crippen LogP contribution in [0.15, 0.2) is 76.3 Å². The minimum atomic E-state index is -1.36. The van der Waals surface area contributed by atoms with Gasteiger partial charge in [-0.2, -0.15) is 0 Å². The third-order valence-corrected chi connectivity index (χ3v) is 8.33. The number of ether oxygens (including phenoxy) is 3. The Morgan fingerprint density at radius 1 is 0.885 bits per heavy atom. The molecule has 0 saturated heterocycles. The minimum absolute atomic E-state index is 0.0144. The smallest absolute Gasteiger partial charge is 0.336 e. The van der Waals surface area contributed by atoms with Gasteiger partial charge < -0.3 is 55.0 Å². The number of carbonyl (C=O) groups excluding carboxylic acids is 2. The Balaban J connectivity index is 1.33. The molecule has 23 nitrogen and oxygen atoms in total. The van der Waals surface area contributed by atoms with Crippen molar-refractivity contribution >= 4 is 66.2 Å². The monoisotopic (exact) mass is 883 g/mol. The molecule has 2 amide bonds. The van der Waals surface area contributed by atoms with E-state index in [1.54, 1.807) is 12.1 Å². The molecule has 0 saturated carbocycles. The van der Waals surface area contributed by atoms with Crippen molar-refractivity contribution in [3.63, 3.8) is 0 Å². The van der Waals surface area contributed by atoms with Crippen LogP contribution >= 0.6 is 25.8 Å². The topological polar surface area (TPSA) is 328 Å². The van der Waals surface area contributed by atoms with E-state index in [-0.39, 0.29) is 111 Å². The van der Waals surface area contributed by atoms with Gasteiger partial charge in [0.15, 0.2) is 17.6 Å². The lowest BCUT2D eigenvalue weighted by Gasteiger charge is -2.20. The number of anilines is 1. The first-order valence-electron chi connectivity index (χ1n) is 17.3. The molecule has 1 heterocycles. The first kappa shape index (κ1) is 45.3. The van der Waals surface area contributed by atoms with E-state index in [1.165, 1.54) is 54.6 Å². The summed E-state index contributed by atoms with van der Waals surface area (Å²) < 4.78 is 30.5. The van der Waals surface area contributed by atoms with E-state index < -0.39 is 36.6 Å². The molecule has 320 valence electrons. The largest absolute Gasteiger partial charge is 0.491 e. The number of azide groups is 1. The lowest BCUT2D eigenvalue weighted by molar-refractivity contribution is -0.403. The zero-order valence-electron chi connectivity index (χ0n) is 31.1. The number of carboxylic acid groups (broad SMARTS) is 2. The van der Waals surface area contributed by atoms with Gasteiger partial charge in [-0.15, -0.1) is 8.67 Å². The average Bonchev–Trinajstić information content (AvgIpc) is 3.25. The Hall–Kier alpha value is -6.80. The molecule has 0 bridgehead atoms. The van der Waals surface area contributed by atoms with Crippen LogP contribution in [-0.4, -0.2) is 79.7 Å². The highest BCUT2D eigenvalue weighted by Crippen LogP contribution is 2.47. The van der Waals surface area contributed by atoms with Crippen molar-refractivity contribution in [3.8, 4) is 39.7 Å². The molecule has 3 aromatic carbocycles. The van der Waals surface area contributed by atoms with Crippen LogP contribution < -0.4 is 36.2 Å². The van der Waals surface area contributed by atoms with Crippen molar-refractivity contribution in [1.82, 2.24) is 10.6 Å². The molecule has 0 spiro atoms. The summed E-state index contributed by atoms with van der Waals surface area (Å²) in [5.74, 6) is -4.15. The van der Waals surface area contributed by atoms with Crippen LogP contribution in [0.3, 0.4) is 0 Å². The maximum Gasteiger partial charge on any atom is 0.336 e. The van der Waals surface area contributed by atoms with Crippen molar-refractivity contribution < 1.29 is 76.5 Å². The van der Waals surface area contributed by atoms with Crippen LogP contribution in [0.1, 0.15) is 31.1 Å². The molecule has 61 heavy (non-hydrogen) atoms. The zero-order chi connectivity index (χ0) is 43.9. The second kappa shape index (κ2) is 22.0. The number of hydrogen-bond acceptors (Lipinski definition) is 19. The standard InChI is InChI=1S/C36H33N7O16S2/c37-25-8-6-22-29(23-7-9-26(38)33(55-57-59-61)31(23)53-30(22)32(25)54-56-58-60)24-15-19(4-5-21(24)36(48)49)35(47)41-11-10-40-34(46)18-2-1-3-20(14-18)52-16-27(42-43-39)51-13-12-50-17-28(44)45/h1-9,14-15,27,37,60-61H,10-13,16-17,38H2,(H,40,46)(H,41,47)(H,44,45)(H,48,49). The number of benzene rings is 4. The molecule has 25 heteroatoms. The lowest BCUT2D eigenvalue weighted by atomic mass is 9.89.